The predicted molar refractivity (Wildman–Crippen MR) is 189 cm³/mol. The van der Waals surface area contributed by atoms with Crippen LogP contribution < -0.4 is 11.5 Å². The fraction of sp³-hybridized carbons (Fsp3) is 0.214. The van der Waals surface area contributed by atoms with Gasteiger partial charge in [-0.15, -0.1) is 20.5 Å². The highest BCUT2D eigenvalue weighted by atomic mass is 32.1. The monoisotopic (exact) mass is 770 g/mol. The van der Waals surface area contributed by atoms with E-state index in [0.717, 1.165) is 23.1 Å². The van der Waals surface area contributed by atoms with Crippen LogP contribution in [0, 0.1) is 27.7 Å². The van der Waals surface area contributed by atoms with E-state index in [9.17, 15) is 14.7 Å². The Hall–Kier alpha value is -7.06. The number of anilines is 2. The van der Waals surface area contributed by atoms with Gasteiger partial charge in [-0.25, -0.2) is 24.7 Å². The molecule has 0 fully saturated rings. The molecule has 5 N–H and O–H groups in total. The van der Waals surface area contributed by atoms with Crippen LogP contribution in [0.25, 0.3) is 21.9 Å². The van der Waals surface area contributed by atoms with Gasteiger partial charge in [0.2, 0.25) is 10.3 Å². The number of ether oxygens (including phenoxy) is 1. The molecule has 0 aromatic carbocycles. The number of hydrogen-bond donors (Lipinski definition) is 3. The minimum absolute atomic E-state index is 0.0137. The molecule has 0 amide bonds. The summed E-state index contributed by atoms with van der Waals surface area (Å²) in [6.45, 7) is 5.98. The molecule has 0 bridgehead atoms. The van der Waals surface area contributed by atoms with Crippen molar-refractivity contribution in [2.75, 3.05) is 25.2 Å². The van der Waals surface area contributed by atoms with Gasteiger partial charge >= 0.3 is 5.97 Å². The Balaban J connectivity index is 1.21. The number of carbonyl (C=O) groups is 2. The summed E-state index contributed by atoms with van der Waals surface area (Å²) in [5.41, 5.74) is 14.2. The largest absolute Gasteiger partial charge is 0.465 e. The van der Waals surface area contributed by atoms with Gasteiger partial charge in [0, 0.05) is 29.1 Å². The van der Waals surface area contributed by atoms with E-state index in [1.54, 1.807) is 27.7 Å². The van der Waals surface area contributed by atoms with E-state index in [0.29, 0.717) is 33.3 Å². The Labute approximate surface area is 310 Å². The molecule has 26 heteroatoms. The number of aryl methyl sites for hydroxylation is 4. The molecule has 7 aromatic rings. The molecular weight excluding hydrogens is 745 g/mol. The first-order chi connectivity index (χ1) is 26.0. The molecule has 7 rings (SSSR count). The lowest BCUT2D eigenvalue weighted by molar-refractivity contribution is 0.0601. The van der Waals surface area contributed by atoms with Crippen LogP contribution in [-0.4, -0.2) is 98.4 Å². The van der Waals surface area contributed by atoms with Crippen molar-refractivity contribution in [1.29, 1.82) is 0 Å². The number of methoxy groups -OCH3 is 1. The number of carbonyl (C=O) groups excluding carboxylic acids is 2. The first-order valence-electron chi connectivity index (χ1n) is 15.3. The van der Waals surface area contributed by atoms with Crippen molar-refractivity contribution in [2.45, 2.75) is 27.7 Å². The maximum Gasteiger partial charge on any atom is 0.343 e. The second-order valence-corrected chi connectivity index (χ2v) is 12.5. The molecule has 0 aliphatic carbocycles. The van der Waals surface area contributed by atoms with Crippen LogP contribution in [0.5, 0.6) is 0 Å². The maximum atomic E-state index is 12.5. The second-order valence-electron chi connectivity index (χ2n) is 11.0. The summed E-state index contributed by atoms with van der Waals surface area (Å²) in [4.78, 5) is 42.2. The van der Waals surface area contributed by atoms with E-state index in [4.69, 9.17) is 16.2 Å². The van der Waals surface area contributed by atoms with Crippen molar-refractivity contribution in [3.05, 3.63) is 59.0 Å². The zero-order valence-corrected chi connectivity index (χ0v) is 30.3. The van der Waals surface area contributed by atoms with Crippen LogP contribution in [0.1, 0.15) is 43.8 Å². The fourth-order valence-corrected chi connectivity index (χ4v) is 6.15. The quantitative estimate of drug-likeness (QED) is 0.0966. The normalized spacial score (nSPS) is 11.7. The average molecular weight is 771 g/mol. The Kier molecular flexibility index (Phi) is 9.27. The number of aromatic nitrogens is 14. The molecule has 0 saturated heterocycles. The molecule has 7 aromatic heterocycles. The number of hydrogen-bond acceptors (Lipinski definition) is 22. The summed E-state index contributed by atoms with van der Waals surface area (Å²) in [7, 11) is 1.24. The third-order valence-electron chi connectivity index (χ3n) is 7.42. The molecule has 0 aliphatic rings. The summed E-state index contributed by atoms with van der Waals surface area (Å²) < 4.78 is 18.5. The van der Waals surface area contributed by atoms with Gasteiger partial charge in [-0.05, 0) is 27.7 Å². The van der Waals surface area contributed by atoms with E-state index in [1.807, 2.05) is 0 Å². The van der Waals surface area contributed by atoms with Crippen LogP contribution in [0.4, 0.5) is 34.6 Å². The number of Topliss-reactive ketones (excluding diaryl/α,β-unsaturated/α-hetero) is 1. The number of azo groups is 2. The van der Waals surface area contributed by atoms with E-state index in [2.05, 4.69) is 69.5 Å². The highest BCUT2D eigenvalue weighted by Gasteiger charge is 2.24. The fourth-order valence-electron chi connectivity index (χ4n) is 4.87. The number of esters is 1. The Morgan fingerprint density at radius 3 is 1.69 bits per heavy atom. The molecule has 0 unspecified atom stereocenters. The summed E-state index contributed by atoms with van der Waals surface area (Å²) >= 11 is 2.10. The number of nitrogens with zero attached hydrogens (tertiary/aromatic N) is 18. The number of aliphatic hydroxyl groups excluding tert-OH is 1. The summed E-state index contributed by atoms with van der Waals surface area (Å²) in [6.07, 6.45) is 3.82. The van der Waals surface area contributed by atoms with E-state index >= 15 is 0 Å². The van der Waals surface area contributed by atoms with Crippen molar-refractivity contribution in [3.63, 3.8) is 0 Å². The third-order valence-corrected chi connectivity index (χ3v) is 8.99. The minimum atomic E-state index is -0.768. The lowest BCUT2D eigenvalue weighted by atomic mass is 10.2. The maximum absolute atomic E-state index is 12.5. The second kappa shape index (κ2) is 14.2. The first kappa shape index (κ1) is 35.3. The van der Waals surface area contributed by atoms with Gasteiger partial charge < -0.3 is 21.3 Å². The molecule has 0 spiro atoms. The van der Waals surface area contributed by atoms with E-state index < -0.39 is 18.4 Å². The SMILES string of the molecule is COC(=O)c1cnn(-c2nc(C)ns2)c1/N=N/c1c(C)nn(-c2cc(-n3nc(C)c(/N=N/c4c(C(=O)CO)cnn4-c4nc(C)ns4)c3N)ncn2)c1N. The van der Waals surface area contributed by atoms with Crippen molar-refractivity contribution >= 4 is 69.5 Å². The smallest absolute Gasteiger partial charge is 0.343 e. The zero-order valence-electron chi connectivity index (χ0n) is 28.7. The average Bonchev–Trinajstić information content (AvgIpc) is 4.03. The van der Waals surface area contributed by atoms with Crippen molar-refractivity contribution < 1.29 is 19.4 Å². The summed E-state index contributed by atoms with van der Waals surface area (Å²) in [5, 5.41) is 44.8. The summed E-state index contributed by atoms with van der Waals surface area (Å²) in [6, 6.07) is 1.53. The molecule has 0 radical (unpaired) electrons. The number of ketones is 1. The molecule has 7 heterocycles. The zero-order chi connectivity index (χ0) is 38.3. The number of nitrogen functional groups attached to an aromatic ring is 2. The molecule has 274 valence electrons. The summed E-state index contributed by atoms with van der Waals surface area (Å²) in [5.74, 6) is 0.336. The van der Waals surface area contributed by atoms with Crippen LogP contribution in [0.15, 0.2) is 45.2 Å². The van der Waals surface area contributed by atoms with Gasteiger partial charge in [0.15, 0.2) is 52.1 Å². The highest BCUT2D eigenvalue weighted by Crippen LogP contribution is 2.35. The Morgan fingerprint density at radius 2 is 1.24 bits per heavy atom. The standard InChI is InChI=1S/C28H26N20O4S2/c1-11-20(37-39-24-15(17(50)9-49)7-33-47(24)27-35-13(3)43-53-27)22(29)45(41-11)18-6-19(32-10-31-18)46-23(30)21(12(2)42-46)38-40-25-16(26(51)52-5)8-34-48(25)28-36-14(4)44-54-28/h6-8,10,49H,9,29-30H2,1-5H3/b39-37+,40-38+. The lowest BCUT2D eigenvalue weighted by Gasteiger charge is -2.06. The number of rotatable bonds is 11. The van der Waals surface area contributed by atoms with Crippen LogP contribution >= 0.6 is 23.1 Å². The van der Waals surface area contributed by atoms with Gasteiger partial charge in [0.25, 0.3) is 0 Å². The van der Waals surface area contributed by atoms with Crippen LogP contribution in [-0.2, 0) is 4.74 Å². The molecule has 24 nitrogen and oxygen atoms in total. The van der Waals surface area contributed by atoms with Crippen LogP contribution in [0.2, 0.25) is 0 Å². The Bertz CT molecular complexity index is 2450. The van der Waals surface area contributed by atoms with Crippen LogP contribution in [0.3, 0.4) is 0 Å². The molecule has 0 saturated carbocycles. The lowest BCUT2D eigenvalue weighted by Crippen LogP contribution is -2.09. The van der Waals surface area contributed by atoms with Crippen molar-refractivity contribution in [1.82, 2.24) is 67.8 Å². The molecule has 0 aliphatic heterocycles. The van der Waals surface area contributed by atoms with E-state index in [1.165, 1.54) is 50.6 Å². The number of nitrogens with two attached hydrogens (primary N) is 2. The van der Waals surface area contributed by atoms with Crippen molar-refractivity contribution in [2.24, 2.45) is 20.5 Å². The molecule has 0 atom stereocenters. The van der Waals surface area contributed by atoms with Gasteiger partial charge in [-0.2, -0.15) is 47.9 Å². The van der Waals surface area contributed by atoms with Gasteiger partial charge in [0.05, 0.1) is 36.5 Å². The van der Waals surface area contributed by atoms with E-state index in [-0.39, 0.29) is 57.4 Å². The molecule has 54 heavy (non-hydrogen) atoms. The molecular formula is C28H26N20O4S2. The third kappa shape index (κ3) is 6.34. The topological polar surface area (TPSA) is 314 Å². The highest BCUT2D eigenvalue weighted by molar-refractivity contribution is 7.08. The number of aliphatic hydroxyl groups is 1. The first-order valence-corrected chi connectivity index (χ1v) is 16.9. The minimum Gasteiger partial charge on any atom is -0.465 e. The van der Waals surface area contributed by atoms with Gasteiger partial charge in [0.1, 0.15) is 30.1 Å². The van der Waals surface area contributed by atoms with Gasteiger partial charge in [-0.3, -0.25) is 4.79 Å². The van der Waals surface area contributed by atoms with Gasteiger partial charge in [-0.1, -0.05) is 0 Å². The van der Waals surface area contributed by atoms with Crippen molar-refractivity contribution in [3.8, 4) is 21.9 Å². The Morgan fingerprint density at radius 1 is 0.759 bits per heavy atom. The predicted octanol–water partition coefficient (Wildman–Crippen LogP) is 3.11.